The van der Waals surface area contributed by atoms with Crippen molar-refractivity contribution in [2.45, 2.75) is 19.4 Å². The summed E-state index contributed by atoms with van der Waals surface area (Å²) in [6, 6.07) is 0. The predicted octanol–water partition coefficient (Wildman–Crippen LogP) is 0.871. The average Bonchev–Trinajstić information content (AvgIpc) is 1.87. The molecule has 56 valence electrons. The number of thiol groups is 1. The number of carbonyl (C=O) groups excluding carboxylic acids is 1. The lowest BCUT2D eigenvalue weighted by molar-refractivity contribution is -0.148. The van der Waals surface area contributed by atoms with Gasteiger partial charge in [0.05, 0.1) is 5.75 Å². The van der Waals surface area contributed by atoms with Crippen LogP contribution in [0.4, 0.5) is 0 Å². The molecule has 0 aromatic rings. The van der Waals surface area contributed by atoms with Crippen LogP contribution in [0.15, 0.2) is 0 Å². The molecule has 0 fully saturated rings. The van der Waals surface area contributed by atoms with Crippen LogP contribution in [0.3, 0.4) is 0 Å². The molecule has 0 heterocycles. The molecule has 3 heteroatoms. The highest BCUT2D eigenvalue weighted by Crippen LogP contribution is 2.06. The highest BCUT2D eigenvalue weighted by molar-refractivity contribution is 7.81. The molecule has 0 spiro atoms. The molecule has 0 aliphatic heterocycles. The van der Waals surface area contributed by atoms with E-state index in [0.717, 1.165) is 0 Å². The van der Waals surface area contributed by atoms with Gasteiger partial charge in [0.2, 0.25) is 0 Å². The van der Waals surface area contributed by atoms with Crippen molar-refractivity contribution in [2.24, 2.45) is 0 Å². The van der Waals surface area contributed by atoms with Crippen LogP contribution in [-0.4, -0.2) is 17.3 Å². The fraction of sp³-hybridized carbons (Fsp3) is 0.571. The zero-order chi connectivity index (χ0) is 8.20. The summed E-state index contributed by atoms with van der Waals surface area (Å²) >= 11 is 3.72. The predicted molar refractivity (Wildman–Crippen MR) is 42.9 cm³/mol. The Labute approximate surface area is 66.4 Å². The monoisotopic (exact) mass is 158 g/mol. The minimum atomic E-state index is -0.806. The van der Waals surface area contributed by atoms with Crippen molar-refractivity contribution in [1.82, 2.24) is 0 Å². The molecule has 0 radical (unpaired) electrons. The molecular formula is C7H10O2S. The van der Waals surface area contributed by atoms with Gasteiger partial charge in [0, 0.05) is 0 Å². The van der Waals surface area contributed by atoms with Crippen molar-refractivity contribution >= 4 is 18.6 Å². The van der Waals surface area contributed by atoms with Crippen LogP contribution in [0.25, 0.3) is 0 Å². The third kappa shape index (κ3) is 3.41. The van der Waals surface area contributed by atoms with Crippen LogP contribution >= 0.6 is 12.6 Å². The SMILES string of the molecule is C#CC(C)(C)OC(=O)CS. The fourth-order valence-corrected chi connectivity index (χ4v) is 0.411. The quantitative estimate of drug-likeness (QED) is 0.366. The summed E-state index contributed by atoms with van der Waals surface area (Å²) in [6.07, 6.45) is 5.06. The molecular weight excluding hydrogens is 148 g/mol. The van der Waals surface area contributed by atoms with Gasteiger partial charge in [0.25, 0.3) is 0 Å². The first-order valence-corrected chi connectivity index (χ1v) is 3.45. The van der Waals surface area contributed by atoms with Crippen LogP contribution in [0.5, 0.6) is 0 Å². The summed E-state index contributed by atoms with van der Waals surface area (Å²) < 4.78 is 4.78. The van der Waals surface area contributed by atoms with E-state index in [-0.39, 0.29) is 5.75 Å². The molecule has 0 aliphatic carbocycles. The first kappa shape index (κ1) is 9.38. The van der Waals surface area contributed by atoms with Gasteiger partial charge in [-0.2, -0.15) is 12.6 Å². The lowest BCUT2D eigenvalue weighted by Crippen LogP contribution is -2.26. The van der Waals surface area contributed by atoms with E-state index in [1.807, 2.05) is 0 Å². The highest BCUT2D eigenvalue weighted by Gasteiger charge is 2.17. The van der Waals surface area contributed by atoms with Gasteiger partial charge in [-0.05, 0) is 13.8 Å². The maximum absolute atomic E-state index is 10.6. The van der Waals surface area contributed by atoms with Crippen LogP contribution in [0, 0.1) is 12.3 Å². The Balaban J connectivity index is 3.92. The normalized spacial score (nSPS) is 10.2. The molecule has 0 saturated heterocycles. The van der Waals surface area contributed by atoms with Gasteiger partial charge >= 0.3 is 5.97 Å². The largest absolute Gasteiger partial charge is 0.446 e. The average molecular weight is 158 g/mol. The summed E-state index contributed by atoms with van der Waals surface area (Å²) in [5, 5.41) is 0. The van der Waals surface area contributed by atoms with E-state index in [0.29, 0.717) is 0 Å². The molecule has 2 nitrogen and oxygen atoms in total. The molecule has 10 heavy (non-hydrogen) atoms. The first-order valence-electron chi connectivity index (χ1n) is 2.82. The Morgan fingerprint density at radius 3 is 2.60 bits per heavy atom. The fourth-order valence-electron chi connectivity index (χ4n) is 0.346. The van der Waals surface area contributed by atoms with Crippen LogP contribution in [-0.2, 0) is 9.53 Å². The third-order valence-corrected chi connectivity index (χ3v) is 1.10. The number of carbonyl (C=O) groups is 1. The third-order valence-electron chi connectivity index (χ3n) is 0.846. The zero-order valence-electron chi connectivity index (χ0n) is 6.05. The molecule has 0 bridgehead atoms. The summed E-state index contributed by atoms with van der Waals surface area (Å²) in [5.41, 5.74) is -0.806. The van der Waals surface area contributed by atoms with Gasteiger partial charge in [-0.1, -0.05) is 5.92 Å². The number of esters is 1. The van der Waals surface area contributed by atoms with E-state index < -0.39 is 11.6 Å². The zero-order valence-corrected chi connectivity index (χ0v) is 6.94. The number of terminal acetylenes is 1. The van der Waals surface area contributed by atoms with Crippen LogP contribution in [0.1, 0.15) is 13.8 Å². The Hall–Kier alpha value is -0.620. The van der Waals surface area contributed by atoms with Crippen molar-refractivity contribution in [3.8, 4) is 12.3 Å². The molecule has 0 N–H and O–H groups in total. The van der Waals surface area contributed by atoms with Crippen LogP contribution < -0.4 is 0 Å². The van der Waals surface area contributed by atoms with Crippen LogP contribution in [0.2, 0.25) is 0 Å². The summed E-state index contributed by atoms with van der Waals surface area (Å²) in [7, 11) is 0. The van der Waals surface area contributed by atoms with E-state index in [2.05, 4.69) is 18.5 Å². The lowest BCUT2D eigenvalue weighted by atomic mass is 10.1. The maximum atomic E-state index is 10.6. The standard InChI is InChI=1S/C7H10O2S/c1-4-7(2,3)9-6(8)5-10/h1,10H,5H2,2-3H3. The van der Waals surface area contributed by atoms with Crippen molar-refractivity contribution in [3.63, 3.8) is 0 Å². The number of hydrogen-bond acceptors (Lipinski definition) is 3. The summed E-state index contributed by atoms with van der Waals surface area (Å²) in [5.74, 6) is 1.99. The van der Waals surface area contributed by atoms with E-state index in [9.17, 15) is 4.79 Å². The minimum Gasteiger partial charge on any atom is -0.446 e. The van der Waals surface area contributed by atoms with Gasteiger partial charge in [-0.15, -0.1) is 6.42 Å². The van der Waals surface area contributed by atoms with Crippen molar-refractivity contribution in [1.29, 1.82) is 0 Å². The lowest BCUT2D eigenvalue weighted by Gasteiger charge is -2.17. The molecule has 0 aromatic heterocycles. The first-order chi connectivity index (χ1) is 4.52. The van der Waals surface area contributed by atoms with Crippen molar-refractivity contribution in [2.75, 3.05) is 5.75 Å². The Bertz CT molecular complexity index is 167. The van der Waals surface area contributed by atoms with Crippen molar-refractivity contribution in [3.05, 3.63) is 0 Å². The maximum Gasteiger partial charge on any atom is 0.317 e. The number of rotatable bonds is 2. The molecule has 0 atom stereocenters. The van der Waals surface area contributed by atoms with Gasteiger partial charge in [-0.25, -0.2) is 0 Å². The summed E-state index contributed by atoms with van der Waals surface area (Å²) in [4.78, 5) is 10.6. The van der Waals surface area contributed by atoms with E-state index in [1.54, 1.807) is 13.8 Å². The Morgan fingerprint density at radius 2 is 2.30 bits per heavy atom. The van der Waals surface area contributed by atoms with E-state index in [4.69, 9.17) is 11.2 Å². The Kier molecular flexibility index (Phi) is 3.31. The van der Waals surface area contributed by atoms with Gasteiger partial charge in [0.15, 0.2) is 5.60 Å². The Morgan fingerprint density at radius 1 is 1.80 bits per heavy atom. The molecule has 0 unspecified atom stereocenters. The van der Waals surface area contributed by atoms with E-state index >= 15 is 0 Å². The van der Waals surface area contributed by atoms with Gasteiger partial charge in [-0.3, -0.25) is 4.79 Å². The second kappa shape index (κ2) is 3.52. The smallest absolute Gasteiger partial charge is 0.317 e. The van der Waals surface area contributed by atoms with Gasteiger partial charge in [0.1, 0.15) is 0 Å². The topological polar surface area (TPSA) is 26.3 Å². The molecule has 0 amide bonds. The van der Waals surface area contributed by atoms with Crippen molar-refractivity contribution < 1.29 is 9.53 Å². The van der Waals surface area contributed by atoms with E-state index in [1.165, 1.54) is 0 Å². The highest BCUT2D eigenvalue weighted by atomic mass is 32.1. The van der Waals surface area contributed by atoms with Gasteiger partial charge < -0.3 is 4.74 Å². The minimum absolute atomic E-state index is 0.0606. The summed E-state index contributed by atoms with van der Waals surface area (Å²) in [6.45, 7) is 3.29. The molecule has 0 aromatic carbocycles. The molecule has 0 aliphatic rings. The number of hydrogen-bond donors (Lipinski definition) is 1. The second-order valence-corrected chi connectivity index (χ2v) is 2.60. The molecule has 0 saturated carbocycles. The molecule has 0 rings (SSSR count). The second-order valence-electron chi connectivity index (χ2n) is 2.29. The number of ether oxygens (including phenoxy) is 1.